The Labute approximate surface area is 710 Å². The van der Waals surface area contributed by atoms with Gasteiger partial charge in [0.15, 0.2) is 45.9 Å². The maximum atomic E-state index is 13.7. The van der Waals surface area contributed by atoms with Crippen LogP contribution in [0.5, 0.6) is 0 Å². The molecule has 616 valence electrons. The summed E-state index contributed by atoms with van der Waals surface area (Å²) in [6, 6.07) is 56.0. The van der Waals surface area contributed by atoms with E-state index in [1.54, 1.807) is 51.1 Å². The van der Waals surface area contributed by atoms with Crippen molar-refractivity contribution in [2.75, 3.05) is 21.3 Å². The molecular weight excluding hydrogens is 1580 g/mol. The van der Waals surface area contributed by atoms with Crippen molar-refractivity contribution in [3.63, 3.8) is 0 Å². The number of imidazole rings is 4. The van der Waals surface area contributed by atoms with Crippen LogP contribution >= 0.6 is 23.2 Å². The predicted octanol–water partition coefficient (Wildman–Crippen LogP) is 19.1. The van der Waals surface area contributed by atoms with Crippen molar-refractivity contribution in [3.05, 3.63) is 323 Å². The highest BCUT2D eigenvalue weighted by molar-refractivity contribution is 6.36. The minimum Gasteiger partial charge on any atom is -0.360 e. The van der Waals surface area contributed by atoms with Gasteiger partial charge >= 0.3 is 0 Å². The number of nitrogens with one attached hydrogen (secondary N) is 8. The molecule has 19 aromatic rings. The zero-order valence-corrected chi connectivity index (χ0v) is 67.2. The Morgan fingerprint density at radius 1 is 0.336 bits per heavy atom. The van der Waals surface area contributed by atoms with E-state index in [0.29, 0.717) is 72.2 Å². The molecule has 0 bridgehead atoms. The highest BCUT2D eigenvalue weighted by atomic mass is 35.5. The first kappa shape index (κ1) is 83.8. The number of nitrogens with zero attached hydrogens (tertiary/aromatic N) is 16. The van der Waals surface area contributed by atoms with E-state index >= 15 is 0 Å². The van der Waals surface area contributed by atoms with Crippen LogP contribution in [0.1, 0.15) is 138 Å². The molecule has 1 saturated carbocycles. The number of aromatic nitrogens is 20. The molecule has 12 heterocycles. The Balaban J connectivity index is 0.000000132. The molecule has 1 aliphatic rings. The molecule has 8 N–H and O–H groups in total. The standard InChI is InChI=1S/2C24H22N6O.C22H17ClN6O.C19H17ClN6O.3CH4/c1-14-6-4-9-18(10-14)30-19(11-17-8-5-7-15(2)20(17)24(30)31)16(3)29-23-21-22(26-12-25-21)27-13-28-23;1-14-7-9-18(10-8-14)30-19(11-17-6-4-5-15(2)20(17)24(30)31)16(3)29-23-21-22(26-12-25-21)27-13-28-23;1-13(28-21-19-20(25-11-24-19)26-12-27-21)17-10-14-6-5-9-16(23)18(14)22(30)29(17)15-7-3-2-4-8-15;1-10(25-18-16-17(22-8-21-16)23-9-24-18)14-7-11-3-2-4-13(20)15(11)19(27)26(14)12-5-6-12;;;/h2*4-13,16H,1-3H3,(H2,25,26,27,28,29);2-13H,1H3,(H2,24,25,26,27,28);2-4,7-10,12H,5-6H2,1H3,(H2,21,22,23,24,25);3*1H4/t2*16-;13-;10-;;;/m0000.../s1. The van der Waals surface area contributed by atoms with Gasteiger partial charge in [-0.05, 0) is 179 Å². The van der Waals surface area contributed by atoms with Crippen LogP contribution in [0.15, 0.2) is 246 Å². The highest BCUT2D eigenvalue weighted by Crippen LogP contribution is 2.39. The lowest BCUT2D eigenvalue weighted by atomic mass is 10.0. The van der Waals surface area contributed by atoms with Crippen molar-refractivity contribution in [3.8, 4) is 17.1 Å². The van der Waals surface area contributed by atoms with E-state index in [1.807, 2.05) is 212 Å². The van der Waals surface area contributed by atoms with Gasteiger partial charge in [-0.2, -0.15) is 0 Å². The molecule has 1 fully saturated rings. The van der Waals surface area contributed by atoms with Crippen LogP contribution in [0, 0.1) is 27.7 Å². The third-order valence-corrected chi connectivity index (χ3v) is 21.8. The number of rotatable bonds is 16. The van der Waals surface area contributed by atoms with Crippen LogP contribution < -0.4 is 43.5 Å². The molecule has 0 aliphatic heterocycles. The number of pyridine rings is 4. The number of aromatic amines is 4. The zero-order valence-electron chi connectivity index (χ0n) is 65.7. The number of hydrogen-bond acceptors (Lipinski definition) is 20. The monoisotopic (exact) mass is 1660 g/mol. The van der Waals surface area contributed by atoms with Crippen LogP contribution in [0.4, 0.5) is 23.3 Å². The third-order valence-electron chi connectivity index (χ3n) is 21.2. The maximum absolute atomic E-state index is 13.7. The predicted molar refractivity (Wildman–Crippen MR) is 489 cm³/mol. The van der Waals surface area contributed by atoms with Gasteiger partial charge in [-0.15, -0.1) is 0 Å². The van der Waals surface area contributed by atoms with Crippen molar-refractivity contribution >= 4 is 134 Å². The molecule has 0 amide bonds. The van der Waals surface area contributed by atoms with Crippen LogP contribution in [0.3, 0.4) is 0 Å². The van der Waals surface area contributed by atoms with Gasteiger partial charge in [0.05, 0.1) is 81.1 Å². The van der Waals surface area contributed by atoms with Gasteiger partial charge in [-0.1, -0.05) is 154 Å². The van der Waals surface area contributed by atoms with Crippen molar-refractivity contribution < 1.29 is 0 Å². The fraction of sp³-hybridized carbons (Fsp3) is 0.196. The average Bonchev–Trinajstić information content (AvgIpc) is 1.02. The number of aryl methyl sites for hydroxylation is 4. The number of halogens is 2. The van der Waals surface area contributed by atoms with Gasteiger partial charge in [0.1, 0.15) is 47.4 Å². The number of hydrogen-bond donors (Lipinski definition) is 8. The molecule has 12 aromatic heterocycles. The minimum atomic E-state index is -0.248. The summed E-state index contributed by atoms with van der Waals surface area (Å²) in [4.78, 5) is 117. The SMILES string of the molecule is C.C.C.C[C@H](Nc1ncnc2nc[nH]c12)c1cc2cccc(Cl)c2c(=O)n1-c1ccccc1.C[C@H](Nc1ncnc2nc[nH]c12)c1cc2cccc(Cl)c2c(=O)n1C1CC1.Cc1ccc(-n2c([C@H](C)Nc3ncnc4nc[nH]c34)cc3cccc(C)c3c2=O)cc1.Cc1cccc(-n2c([C@H](C)Nc3ncnc4nc[nH]c34)cc3cccc(C)c3c2=O)c1. The van der Waals surface area contributed by atoms with Crippen LogP contribution in [-0.2, 0) is 0 Å². The molecule has 0 unspecified atom stereocenters. The lowest BCUT2D eigenvalue weighted by Crippen LogP contribution is -2.26. The van der Waals surface area contributed by atoms with Crippen molar-refractivity contribution in [2.24, 2.45) is 0 Å². The van der Waals surface area contributed by atoms with Crippen molar-refractivity contribution in [2.45, 2.75) is 121 Å². The highest BCUT2D eigenvalue weighted by Gasteiger charge is 2.31. The van der Waals surface area contributed by atoms with Crippen LogP contribution in [-0.4, -0.2) is 98.0 Å². The molecule has 4 atom stereocenters. The quantitative estimate of drug-likeness (QED) is 0.0445. The molecule has 0 radical (unpaired) electrons. The van der Waals surface area contributed by atoms with Crippen molar-refractivity contribution in [1.29, 1.82) is 0 Å². The summed E-state index contributed by atoms with van der Waals surface area (Å²) in [7, 11) is 0. The molecule has 122 heavy (non-hydrogen) atoms. The minimum absolute atomic E-state index is 0. The average molecular weight is 1670 g/mol. The summed E-state index contributed by atoms with van der Waals surface area (Å²) < 4.78 is 7.16. The zero-order chi connectivity index (χ0) is 82.3. The van der Waals surface area contributed by atoms with Crippen LogP contribution in [0.25, 0.3) is 105 Å². The number of anilines is 4. The maximum Gasteiger partial charge on any atom is 0.264 e. The first-order valence-electron chi connectivity index (χ1n) is 38.6. The first-order valence-corrected chi connectivity index (χ1v) is 39.4. The topological polar surface area (TPSA) is 354 Å². The number of para-hydroxylation sites is 1. The van der Waals surface area contributed by atoms with E-state index < -0.39 is 0 Å². The molecule has 1 aliphatic carbocycles. The summed E-state index contributed by atoms with van der Waals surface area (Å²) >= 11 is 12.7. The molecule has 0 saturated heterocycles. The molecule has 28 nitrogen and oxygen atoms in total. The van der Waals surface area contributed by atoms with Crippen molar-refractivity contribution in [1.82, 2.24) is 98.0 Å². The summed E-state index contributed by atoms with van der Waals surface area (Å²) in [6.07, 6.45) is 14.3. The molecule has 7 aromatic carbocycles. The molecular formula is C92H90Cl2N24O4. The van der Waals surface area contributed by atoms with E-state index in [1.165, 1.54) is 25.3 Å². The third kappa shape index (κ3) is 16.4. The summed E-state index contributed by atoms with van der Waals surface area (Å²) in [5.41, 5.74) is 15.0. The first-order chi connectivity index (χ1) is 57.8. The van der Waals surface area contributed by atoms with Crippen LogP contribution in [0.2, 0.25) is 10.0 Å². The van der Waals surface area contributed by atoms with E-state index in [2.05, 4.69) is 113 Å². The second-order valence-corrected chi connectivity index (χ2v) is 30.2. The summed E-state index contributed by atoms with van der Waals surface area (Å²) in [5, 5.41) is 20.6. The second kappa shape index (κ2) is 35.5. The van der Waals surface area contributed by atoms with E-state index in [-0.39, 0.29) is 74.7 Å². The fourth-order valence-corrected chi connectivity index (χ4v) is 15.8. The van der Waals surface area contributed by atoms with Gasteiger partial charge in [-0.25, -0.2) is 59.8 Å². The number of H-pyrrole nitrogens is 4. The van der Waals surface area contributed by atoms with E-state index in [0.717, 1.165) is 124 Å². The van der Waals surface area contributed by atoms with E-state index in [4.69, 9.17) is 23.2 Å². The number of fused-ring (bicyclic) bond motifs is 8. The second-order valence-electron chi connectivity index (χ2n) is 29.4. The lowest BCUT2D eigenvalue weighted by molar-refractivity contribution is 0.636. The van der Waals surface area contributed by atoms with Gasteiger partial charge < -0.3 is 45.8 Å². The number of benzene rings is 7. The van der Waals surface area contributed by atoms with Gasteiger partial charge in [0.25, 0.3) is 22.2 Å². The lowest BCUT2D eigenvalue weighted by Gasteiger charge is -2.22. The summed E-state index contributed by atoms with van der Waals surface area (Å²) in [6.45, 7) is 16.1. The fourth-order valence-electron chi connectivity index (χ4n) is 15.3. The Hall–Kier alpha value is -14.6. The Bertz CT molecular complexity index is 7340. The Kier molecular flexibility index (Phi) is 24.4. The van der Waals surface area contributed by atoms with Gasteiger partial charge in [-0.3, -0.25) is 32.9 Å². The smallest absolute Gasteiger partial charge is 0.264 e. The molecule has 0 spiro atoms. The van der Waals surface area contributed by atoms with E-state index in [9.17, 15) is 19.2 Å². The Morgan fingerprint density at radius 2 is 0.664 bits per heavy atom. The normalized spacial score (nSPS) is 12.7. The van der Waals surface area contributed by atoms with Gasteiger partial charge in [0, 0.05) is 45.9 Å². The van der Waals surface area contributed by atoms with Gasteiger partial charge in [0.2, 0.25) is 0 Å². The largest absolute Gasteiger partial charge is 0.360 e. The molecule has 30 heteroatoms. The molecule has 20 rings (SSSR count). The summed E-state index contributed by atoms with van der Waals surface area (Å²) in [5.74, 6) is 2.55. The Morgan fingerprint density at radius 3 is 1.06 bits per heavy atom.